The molecule has 0 spiro atoms. The van der Waals surface area contributed by atoms with Gasteiger partial charge in [0.05, 0.1) is 41.1 Å². The van der Waals surface area contributed by atoms with Crippen molar-refractivity contribution in [3.8, 4) is 5.75 Å². The second-order valence-electron chi connectivity index (χ2n) is 7.22. The zero-order chi connectivity index (χ0) is 21.8. The number of aromatic nitrogens is 1. The fraction of sp³-hybridized carbons (Fsp3) is 0.364. The van der Waals surface area contributed by atoms with Gasteiger partial charge in [-0.3, -0.25) is 14.6 Å². The number of carbonyl (C=O) groups excluding carboxylic acids is 1. The van der Waals surface area contributed by atoms with Crippen molar-refractivity contribution in [3.05, 3.63) is 52.0 Å². The van der Waals surface area contributed by atoms with E-state index in [0.717, 1.165) is 55.2 Å². The number of benzene rings is 2. The summed E-state index contributed by atoms with van der Waals surface area (Å²) < 4.78 is 11.7. The summed E-state index contributed by atoms with van der Waals surface area (Å²) in [6, 6.07) is 10.6. The number of hydrogen-bond acceptors (Lipinski definition) is 6. The maximum absolute atomic E-state index is 13.5. The summed E-state index contributed by atoms with van der Waals surface area (Å²) in [4.78, 5) is 22.3. The maximum Gasteiger partial charge on any atom is 0.261 e. The van der Waals surface area contributed by atoms with Crippen molar-refractivity contribution in [2.24, 2.45) is 0 Å². The van der Waals surface area contributed by atoms with Gasteiger partial charge in [-0.1, -0.05) is 34.5 Å². The number of hydrogen-bond donors (Lipinski definition) is 0. The second kappa shape index (κ2) is 10.1. The standard InChI is InChI=1S/C22H23Cl2N3O3S/c1-29-16-4-6-19-20(14-16)31-22(25-19)27(8-2-7-26-9-11-30-12-10-26)21(28)17-13-15(23)3-5-18(17)24/h3-6,13-14H,2,7-12H2,1H3. The number of morpholine rings is 1. The van der Waals surface area contributed by atoms with Crippen molar-refractivity contribution in [1.29, 1.82) is 0 Å². The van der Waals surface area contributed by atoms with Gasteiger partial charge in [-0.2, -0.15) is 0 Å². The molecule has 0 unspecified atom stereocenters. The molecule has 0 N–H and O–H groups in total. The van der Waals surface area contributed by atoms with Crippen LogP contribution in [-0.2, 0) is 4.74 Å². The van der Waals surface area contributed by atoms with Crippen LogP contribution >= 0.6 is 34.5 Å². The fourth-order valence-corrected chi connectivity index (χ4v) is 4.89. The number of thiazole rings is 1. The third kappa shape index (κ3) is 5.30. The largest absolute Gasteiger partial charge is 0.497 e. The smallest absolute Gasteiger partial charge is 0.261 e. The van der Waals surface area contributed by atoms with Gasteiger partial charge in [-0.25, -0.2) is 4.98 Å². The zero-order valence-corrected chi connectivity index (χ0v) is 19.5. The van der Waals surface area contributed by atoms with Crippen molar-refractivity contribution in [2.75, 3.05) is 51.4 Å². The minimum absolute atomic E-state index is 0.208. The Morgan fingerprint density at radius 3 is 2.81 bits per heavy atom. The summed E-state index contributed by atoms with van der Waals surface area (Å²) in [6.45, 7) is 4.73. The van der Waals surface area contributed by atoms with Crippen LogP contribution in [0.4, 0.5) is 5.13 Å². The highest BCUT2D eigenvalue weighted by Crippen LogP contribution is 2.33. The average molecular weight is 480 g/mol. The van der Waals surface area contributed by atoms with Crippen LogP contribution in [0.25, 0.3) is 10.2 Å². The Bertz CT molecular complexity index is 1070. The molecule has 9 heteroatoms. The van der Waals surface area contributed by atoms with E-state index < -0.39 is 0 Å². The number of halogens is 2. The first kappa shape index (κ1) is 22.3. The quantitative estimate of drug-likeness (QED) is 0.478. The van der Waals surface area contributed by atoms with E-state index in [2.05, 4.69) is 4.90 Å². The molecule has 2 aromatic carbocycles. The second-order valence-corrected chi connectivity index (χ2v) is 9.07. The van der Waals surface area contributed by atoms with Gasteiger partial charge >= 0.3 is 0 Å². The monoisotopic (exact) mass is 479 g/mol. The van der Waals surface area contributed by atoms with Crippen LogP contribution < -0.4 is 9.64 Å². The third-order valence-corrected chi connectivity index (χ3v) is 6.78. The number of carbonyl (C=O) groups is 1. The number of ether oxygens (including phenoxy) is 2. The first-order valence-corrected chi connectivity index (χ1v) is 11.6. The zero-order valence-electron chi connectivity index (χ0n) is 17.1. The number of methoxy groups -OCH3 is 1. The molecule has 1 aliphatic heterocycles. The molecule has 3 aromatic rings. The molecule has 2 heterocycles. The third-order valence-electron chi connectivity index (χ3n) is 5.18. The van der Waals surface area contributed by atoms with Crippen LogP contribution in [0.5, 0.6) is 5.75 Å². The molecule has 0 atom stereocenters. The molecule has 1 amide bonds. The van der Waals surface area contributed by atoms with Gasteiger partial charge in [0.1, 0.15) is 5.75 Å². The Morgan fingerprint density at radius 1 is 1.23 bits per heavy atom. The molecule has 1 saturated heterocycles. The molecule has 0 radical (unpaired) electrons. The molecule has 0 saturated carbocycles. The van der Waals surface area contributed by atoms with Crippen LogP contribution in [0.15, 0.2) is 36.4 Å². The van der Waals surface area contributed by atoms with Crippen LogP contribution in [0.3, 0.4) is 0 Å². The predicted octanol–water partition coefficient (Wildman–Crippen LogP) is 4.98. The summed E-state index contributed by atoms with van der Waals surface area (Å²) in [5, 5.41) is 1.47. The summed E-state index contributed by atoms with van der Waals surface area (Å²) >= 11 is 13.9. The molecule has 31 heavy (non-hydrogen) atoms. The van der Waals surface area contributed by atoms with E-state index in [1.54, 1.807) is 30.2 Å². The number of anilines is 1. The minimum Gasteiger partial charge on any atom is -0.497 e. The first-order chi connectivity index (χ1) is 15.0. The van der Waals surface area contributed by atoms with Gasteiger partial charge in [-0.05, 0) is 42.8 Å². The lowest BCUT2D eigenvalue weighted by atomic mass is 10.2. The minimum atomic E-state index is -0.208. The van der Waals surface area contributed by atoms with Crippen LogP contribution in [0.2, 0.25) is 10.0 Å². The lowest BCUT2D eigenvalue weighted by molar-refractivity contribution is 0.0376. The molecule has 1 aromatic heterocycles. The highest BCUT2D eigenvalue weighted by atomic mass is 35.5. The van der Waals surface area contributed by atoms with E-state index in [0.29, 0.717) is 27.3 Å². The highest BCUT2D eigenvalue weighted by Gasteiger charge is 2.24. The van der Waals surface area contributed by atoms with Crippen LogP contribution in [0, 0.1) is 0 Å². The summed E-state index contributed by atoms with van der Waals surface area (Å²) in [5.74, 6) is 0.547. The average Bonchev–Trinajstić information content (AvgIpc) is 3.21. The molecule has 4 rings (SSSR count). The Morgan fingerprint density at radius 2 is 2.03 bits per heavy atom. The van der Waals surface area contributed by atoms with E-state index in [1.807, 2.05) is 18.2 Å². The Balaban J connectivity index is 1.61. The lowest BCUT2D eigenvalue weighted by Gasteiger charge is -2.27. The van der Waals surface area contributed by atoms with Crippen LogP contribution in [-0.4, -0.2) is 62.3 Å². The summed E-state index contributed by atoms with van der Waals surface area (Å²) in [5.41, 5.74) is 1.20. The van der Waals surface area contributed by atoms with E-state index in [-0.39, 0.29) is 5.91 Å². The first-order valence-electron chi connectivity index (χ1n) is 10.1. The fourth-order valence-electron chi connectivity index (χ4n) is 3.50. The Hall–Kier alpha value is -1.90. The predicted molar refractivity (Wildman–Crippen MR) is 126 cm³/mol. The molecule has 1 aliphatic rings. The Kier molecular flexibility index (Phi) is 7.30. The van der Waals surface area contributed by atoms with Gasteiger partial charge in [0.15, 0.2) is 5.13 Å². The van der Waals surface area contributed by atoms with E-state index in [9.17, 15) is 4.79 Å². The molecular formula is C22H23Cl2N3O3S. The van der Waals surface area contributed by atoms with Crippen molar-refractivity contribution in [3.63, 3.8) is 0 Å². The molecule has 0 bridgehead atoms. The van der Waals surface area contributed by atoms with Gasteiger partial charge in [0.25, 0.3) is 5.91 Å². The number of nitrogens with zero attached hydrogens (tertiary/aromatic N) is 3. The lowest BCUT2D eigenvalue weighted by Crippen LogP contribution is -2.39. The van der Waals surface area contributed by atoms with E-state index in [1.165, 1.54) is 11.3 Å². The van der Waals surface area contributed by atoms with Crippen molar-refractivity contribution < 1.29 is 14.3 Å². The van der Waals surface area contributed by atoms with Gasteiger partial charge in [0.2, 0.25) is 0 Å². The summed E-state index contributed by atoms with van der Waals surface area (Å²) in [6.07, 6.45) is 0.809. The van der Waals surface area contributed by atoms with Gasteiger partial charge < -0.3 is 9.47 Å². The van der Waals surface area contributed by atoms with Crippen molar-refractivity contribution >= 4 is 55.8 Å². The molecule has 6 nitrogen and oxygen atoms in total. The number of rotatable bonds is 7. The van der Waals surface area contributed by atoms with Crippen LogP contribution in [0.1, 0.15) is 16.8 Å². The SMILES string of the molecule is COc1ccc2nc(N(CCCN3CCOCC3)C(=O)c3cc(Cl)ccc3Cl)sc2c1. The molecule has 0 aliphatic carbocycles. The van der Waals surface area contributed by atoms with E-state index >= 15 is 0 Å². The molecule has 1 fully saturated rings. The topological polar surface area (TPSA) is 54.9 Å². The normalized spacial score (nSPS) is 14.7. The highest BCUT2D eigenvalue weighted by molar-refractivity contribution is 7.22. The van der Waals surface area contributed by atoms with Crippen molar-refractivity contribution in [2.45, 2.75) is 6.42 Å². The molecule has 164 valence electrons. The molecular weight excluding hydrogens is 457 g/mol. The number of fused-ring (bicyclic) bond motifs is 1. The number of amides is 1. The maximum atomic E-state index is 13.5. The van der Waals surface area contributed by atoms with Crippen molar-refractivity contribution in [1.82, 2.24) is 9.88 Å². The van der Waals surface area contributed by atoms with E-state index in [4.69, 9.17) is 37.7 Å². The van der Waals surface area contributed by atoms with Gasteiger partial charge in [0, 0.05) is 31.2 Å². The summed E-state index contributed by atoms with van der Waals surface area (Å²) in [7, 11) is 1.63. The van der Waals surface area contributed by atoms with Gasteiger partial charge in [-0.15, -0.1) is 0 Å². The Labute approximate surface area is 195 Å².